The molecule has 0 aromatic carbocycles. The van der Waals surface area contributed by atoms with Gasteiger partial charge in [0.1, 0.15) is 8.96 Å². The van der Waals surface area contributed by atoms with Crippen molar-refractivity contribution in [2.24, 2.45) is 0 Å². The average Bonchev–Trinajstić information content (AvgIpc) is 2.11. The minimum absolute atomic E-state index is 0.756. The van der Waals surface area contributed by atoms with Gasteiger partial charge in [-0.3, -0.25) is 4.90 Å². The van der Waals surface area contributed by atoms with Crippen LogP contribution in [0.3, 0.4) is 0 Å². The van der Waals surface area contributed by atoms with Gasteiger partial charge < -0.3 is 4.98 Å². The Labute approximate surface area is 91.8 Å². The zero-order valence-electron chi connectivity index (χ0n) is 10.8. The summed E-state index contributed by atoms with van der Waals surface area (Å²) in [7, 11) is -0.756. The highest BCUT2D eigenvalue weighted by atomic mass is 28.3. The first kappa shape index (κ1) is 14.1. The molecule has 0 unspecified atom stereocenters. The van der Waals surface area contributed by atoms with Crippen molar-refractivity contribution in [2.45, 2.75) is 52.6 Å². The van der Waals surface area contributed by atoms with Gasteiger partial charge in [0.15, 0.2) is 0 Å². The minimum Gasteiger partial charge on any atom is -0.327 e. The van der Waals surface area contributed by atoms with E-state index in [-0.39, 0.29) is 0 Å². The molecular formula is C11H28N2Si. The van der Waals surface area contributed by atoms with E-state index in [1.54, 1.807) is 0 Å². The zero-order valence-corrected chi connectivity index (χ0v) is 12.0. The van der Waals surface area contributed by atoms with Crippen molar-refractivity contribution in [1.29, 1.82) is 0 Å². The topological polar surface area (TPSA) is 15.3 Å². The molecule has 0 bridgehead atoms. The van der Waals surface area contributed by atoms with Gasteiger partial charge in [0.25, 0.3) is 0 Å². The van der Waals surface area contributed by atoms with Crippen LogP contribution in [0.2, 0.25) is 11.1 Å². The van der Waals surface area contributed by atoms with Crippen LogP contribution in [0.25, 0.3) is 0 Å². The number of nitrogens with one attached hydrogen (secondary N) is 1. The van der Waals surface area contributed by atoms with Gasteiger partial charge >= 0.3 is 0 Å². The van der Waals surface area contributed by atoms with E-state index in [9.17, 15) is 0 Å². The van der Waals surface area contributed by atoms with Crippen molar-refractivity contribution in [3.63, 3.8) is 0 Å². The van der Waals surface area contributed by atoms with Gasteiger partial charge in [0.2, 0.25) is 0 Å². The second kappa shape index (κ2) is 7.43. The molecule has 0 aromatic heterocycles. The average molecular weight is 216 g/mol. The lowest BCUT2D eigenvalue weighted by molar-refractivity contribution is 0.298. The molecule has 0 aliphatic heterocycles. The predicted molar refractivity (Wildman–Crippen MR) is 68.3 cm³/mol. The Hall–Kier alpha value is 0.137. The molecule has 0 aliphatic rings. The van der Waals surface area contributed by atoms with E-state index in [2.05, 4.69) is 51.4 Å². The van der Waals surface area contributed by atoms with E-state index in [1.807, 2.05) is 0 Å². The van der Waals surface area contributed by atoms with E-state index < -0.39 is 8.96 Å². The normalized spacial score (nSPS) is 12.4. The summed E-state index contributed by atoms with van der Waals surface area (Å²) in [5.74, 6) is 0. The molecular weight excluding hydrogens is 188 g/mol. The van der Waals surface area contributed by atoms with E-state index in [0.29, 0.717) is 0 Å². The highest BCUT2D eigenvalue weighted by Crippen LogP contribution is 2.17. The molecule has 1 N–H and O–H groups in total. The molecule has 3 heteroatoms. The molecule has 0 heterocycles. The third-order valence-electron chi connectivity index (χ3n) is 2.88. The fraction of sp³-hybridized carbons (Fsp3) is 1.00. The van der Waals surface area contributed by atoms with Gasteiger partial charge in [-0.2, -0.15) is 0 Å². The molecule has 0 aromatic rings. The van der Waals surface area contributed by atoms with Crippen LogP contribution in [0, 0.1) is 0 Å². The molecule has 0 rings (SSSR count). The highest BCUT2D eigenvalue weighted by Gasteiger charge is 2.19. The summed E-state index contributed by atoms with van der Waals surface area (Å²) < 4.78 is 0. The summed E-state index contributed by atoms with van der Waals surface area (Å²) >= 11 is 0. The van der Waals surface area contributed by atoms with E-state index in [1.165, 1.54) is 0 Å². The molecule has 0 radical (unpaired) electrons. The van der Waals surface area contributed by atoms with Gasteiger partial charge in [-0.05, 0) is 24.2 Å². The lowest BCUT2D eigenvalue weighted by atomic mass is 10.5. The molecule has 0 saturated carbocycles. The predicted octanol–water partition coefficient (Wildman–Crippen LogP) is 2.42. The van der Waals surface area contributed by atoms with Crippen LogP contribution in [0.15, 0.2) is 0 Å². The monoisotopic (exact) mass is 216 g/mol. The summed E-state index contributed by atoms with van der Waals surface area (Å²) in [5, 5.41) is 0. The number of hydrogen-bond acceptors (Lipinski definition) is 2. The van der Waals surface area contributed by atoms with Crippen LogP contribution in [-0.4, -0.2) is 33.6 Å². The summed E-state index contributed by atoms with van der Waals surface area (Å²) in [4.78, 5) is 6.23. The van der Waals surface area contributed by atoms with Crippen molar-refractivity contribution < 1.29 is 0 Å². The molecule has 0 spiro atoms. The van der Waals surface area contributed by atoms with Gasteiger partial charge in [-0.1, -0.05) is 41.5 Å². The van der Waals surface area contributed by atoms with Crippen molar-refractivity contribution in [3.8, 4) is 0 Å². The fourth-order valence-electron chi connectivity index (χ4n) is 1.92. The van der Waals surface area contributed by atoms with Gasteiger partial charge in [0.05, 0.1) is 0 Å². The van der Waals surface area contributed by atoms with Gasteiger partial charge in [0, 0.05) is 6.67 Å². The summed E-state index contributed by atoms with van der Waals surface area (Å²) in [6.07, 6.45) is 0. The van der Waals surface area contributed by atoms with Crippen LogP contribution >= 0.6 is 0 Å². The fourth-order valence-corrected chi connectivity index (χ4v) is 4.87. The highest BCUT2D eigenvalue weighted by molar-refractivity contribution is 6.59. The lowest BCUT2D eigenvalue weighted by Crippen LogP contribution is -2.45. The van der Waals surface area contributed by atoms with Crippen LogP contribution in [0.1, 0.15) is 41.5 Å². The Kier molecular flexibility index (Phi) is 7.50. The molecule has 0 atom stereocenters. The number of nitrogens with zero attached hydrogens (tertiary/aromatic N) is 1. The minimum atomic E-state index is -0.756. The zero-order chi connectivity index (χ0) is 11.1. The summed E-state index contributed by atoms with van der Waals surface area (Å²) in [6, 6.07) is 0. The maximum absolute atomic E-state index is 3.79. The Morgan fingerprint density at radius 1 is 1.00 bits per heavy atom. The van der Waals surface area contributed by atoms with Crippen LogP contribution in [-0.2, 0) is 0 Å². The lowest BCUT2D eigenvalue weighted by Gasteiger charge is -2.28. The Bertz CT molecular complexity index is 125. The van der Waals surface area contributed by atoms with Crippen molar-refractivity contribution in [3.05, 3.63) is 0 Å². The quantitative estimate of drug-likeness (QED) is 0.519. The Morgan fingerprint density at radius 3 is 1.71 bits per heavy atom. The standard InChI is InChI=1S/C11H28N2Si/c1-7-13(8-2)9-12-14(10(3)4)11(5)6/h10-12,14H,7-9H2,1-6H3. The molecule has 0 amide bonds. The SMILES string of the molecule is CCN(CC)CN[SiH](C(C)C)C(C)C. The maximum Gasteiger partial charge on any atom is 0.115 e. The molecule has 0 saturated heterocycles. The first-order chi connectivity index (χ1) is 6.52. The molecule has 86 valence electrons. The molecule has 2 nitrogen and oxygen atoms in total. The second-order valence-electron chi connectivity index (χ2n) is 4.68. The Morgan fingerprint density at radius 2 is 1.43 bits per heavy atom. The maximum atomic E-state index is 3.79. The second-order valence-corrected chi connectivity index (χ2v) is 8.81. The first-order valence-electron chi connectivity index (χ1n) is 5.98. The van der Waals surface area contributed by atoms with E-state index in [4.69, 9.17) is 0 Å². The largest absolute Gasteiger partial charge is 0.327 e. The Balaban J connectivity index is 3.92. The molecule has 14 heavy (non-hydrogen) atoms. The third kappa shape index (κ3) is 5.13. The number of hydrogen-bond donors (Lipinski definition) is 1. The molecule has 0 fully saturated rings. The number of rotatable bonds is 7. The van der Waals surface area contributed by atoms with E-state index in [0.717, 1.165) is 30.8 Å². The van der Waals surface area contributed by atoms with Crippen molar-refractivity contribution in [1.82, 2.24) is 9.88 Å². The van der Waals surface area contributed by atoms with Gasteiger partial charge in [-0.15, -0.1) is 0 Å². The van der Waals surface area contributed by atoms with Crippen LogP contribution in [0.4, 0.5) is 0 Å². The van der Waals surface area contributed by atoms with Crippen LogP contribution in [0.5, 0.6) is 0 Å². The summed E-state index contributed by atoms with van der Waals surface area (Å²) in [5.41, 5.74) is 1.70. The van der Waals surface area contributed by atoms with Crippen LogP contribution < -0.4 is 4.98 Å². The van der Waals surface area contributed by atoms with Gasteiger partial charge in [-0.25, -0.2) is 0 Å². The van der Waals surface area contributed by atoms with Crippen molar-refractivity contribution >= 4 is 8.96 Å². The third-order valence-corrected chi connectivity index (χ3v) is 6.41. The van der Waals surface area contributed by atoms with Crippen molar-refractivity contribution in [2.75, 3.05) is 19.8 Å². The first-order valence-corrected chi connectivity index (χ1v) is 7.89. The van der Waals surface area contributed by atoms with E-state index >= 15 is 0 Å². The molecule has 0 aliphatic carbocycles. The summed E-state index contributed by atoms with van der Waals surface area (Å²) in [6.45, 7) is 17.3. The smallest absolute Gasteiger partial charge is 0.115 e.